The minimum Gasteiger partial charge on any atom is -0.279 e. The fourth-order valence-electron chi connectivity index (χ4n) is 1.26. The monoisotopic (exact) mass is 279 g/mol. The molecule has 1 aromatic rings. The molecule has 0 radical (unpaired) electrons. The number of halogens is 2. The van der Waals surface area contributed by atoms with Gasteiger partial charge >= 0.3 is 0 Å². The summed E-state index contributed by atoms with van der Waals surface area (Å²) in [6.45, 7) is 2.79. The Morgan fingerprint density at radius 1 is 1.47 bits per heavy atom. The normalized spacial score (nSPS) is 13.4. The molecular formula is C10H11ClFNO3S. The van der Waals surface area contributed by atoms with E-state index < -0.39 is 27.1 Å². The van der Waals surface area contributed by atoms with Crippen LogP contribution in [0.3, 0.4) is 0 Å². The van der Waals surface area contributed by atoms with Crippen molar-refractivity contribution in [3.8, 4) is 0 Å². The van der Waals surface area contributed by atoms with E-state index in [1.54, 1.807) is 0 Å². The van der Waals surface area contributed by atoms with Crippen LogP contribution in [0.5, 0.6) is 0 Å². The Bertz CT molecular complexity index is 544. The highest BCUT2D eigenvalue weighted by molar-refractivity contribution is 7.89. The van der Waals surface area contributed by atoms with Gasteiger partial charge in [0, 0.05) is 0 Å². The van der Waals surface area contributed by atoms with Gasteiger partial charge in [-0.3, -0.25) is 4.79 Å². The molecule has 4 nitrogen and oxygen atoms in total. The molecule has 1 aromatic carbocycles. The number of benzene rings is 1. The van der Waals surface area contributed by atoms with Crippen molar-refractivity contribution in [2.45, 2.75) is 24.8 Å². The summed E-state index contributed by atoms with van der Waals surface area (Å²) in [6.07, 6.45) is 0. The van der Waals surface area contributed by atoms with E-state index in [0.29, 0.717) is 0 Å². The summed E-state index contributed by atoms with van der Waals surface area (Å²) in [4.78, 5) is 10.7. The Balaban J connectivity index is 3.10. The zero-order valence-corrected chi connectivity index (χ0v) is 10.8. The zero-order chi connectivity index (χ0) is 13.2. The van der Waals surface area contributed by atoms with Crippen LogP contribution < -0.4 is 4.72 Å². The van der Waals surface area contributed by atoms with Crippen LogP contribution in [-0.2, 0) is 14.8 Å². The first-order chi connectivity index (χ1) is 7.74. The third-order valence-corrected chi connectivity index (χ3v) is 4.13. The maximum Gasteiger partial charge on any atom is 0.241 e. The summed E-state index contributed by atoms with van der Waals surface area (Å²) >= 11 is 5.16. The SMILES string of the molecule is Cc1cc(F)ccc1S(=O)(=O)NC(C)C(=O)Cl. The summed E-state index contributed by atoms with van der Waals surface area (Å²) in [5, 5.41) is -0.812. The van der Waals surface area contributed by atoms with E-state index in [4.69, 9.17) is 11.6 Å². The van der Waals surface area contributed by atoms with E-state index in [-0.39, 0.29) is 10.5 Å². The summed E-state index contributed by atoms with van der Waals surface area (Å²) in [6, 6.07) is 2.24. The summed E-state index contributed by atoms with van der Waals surface area (Å²) in [5.74, 6) is -0.525. The standard InChI is InChI=1S/C10H11ClFNO3S/c1-6-5-8(12)3-4-9(6)17(15,16)13-7(2)10(11)14/h3-5,7,13H,1-2H3. The fourth-order valence-corrected chi connectivity index (χ4v) is 2.81. The fraction of sp³-hybridized carbons (Fsp3) is 0.300. The predicted molar refractivity (Wildman–Crippen MR) is 61.8 cm³/mol. The second kappa shape index (κ2) is 5.12. The lowest BCUT2D eigenvalue weighted by molar-refractivity contribution is -0.112. The molecule has 1 N–H and O–H groups in total. The maximum atomic E-state index is 12.8. The Kier molecular flexibility index (Phi) is 4.24. The van der Waals surface area contributed by atoms with Gasteiger partial charge in [-0.15, -0.1) is 0 Å². The lowest BCUT2D eigenvalue weighted by atomic mass is 10.2. The van der Waals surface area contributed by atoms with Crippen LogP contribution in [0.1, 0.15) is 12.5 Å². The minimum absolute atomic E-state index is 0.0799. The van der Waals surface area contributed by atoms with Crippen LogP contribution in [0.25, 0.3) is 0 Å². The van der Waals surface area contributed by atoms with Crippen LogP contribution in [0.4, 0.5) is 4.39 Å². The van der Waals surface area contributed by atoms with Gasteiger partial charge in [-0.25, -0.2) is 12.8 Å². The average molecular weight is 280 g/mol. The Labute approximate surface area is 104 Å². The highest BCUT2D eigenvalue weighted by atomic mass is 35.5. The minimum atomic E-state index is -3.87. The van der Waals surface area contributed by atoms with E-state index in [0.717, 1.165) is 18.2 Å². The Hall–Kier alpha value is -0.980. The number of sulfonamides is 1. The van der Waals surface area contributed by atoms with Crippen LogP contribution in [0.15, 0.2) is 23.1 Å². The van der Waals surface area contributed by atoms with Crippen molar-refractivity contribution in [3.05, 3.63) is 29.6 Å². The van der Waals surface area contributed by atoms with E-state index in [1.165, 1.54) is 13.8 Å². The van der Waals surface area contributed by atoms with Crippen molar-refractivity contribution in [1.29, 1.82) is 0 Å². The molecule has 0 spiro atoms. The summed E-state index contributed by atoms with van der Waals surface area (Å²) in [7, 11) is -3.87. The second-order valence-electron chi connectivity index (χ2n) is 3.56. The number of aryl methyl sites for hydroxylation is 1. The zero-order valence-electron chi connectivity index (χ0n) is 9.20. The largest absolute Gasteiger partial charge is 0.279 e. The molecule has 0 bridgehead atoms. The van der Waals surface area contributed by atoms with E-state index >= 15 is 0 Å². The molecule has 0 fully saturated rings. The number of carbonyl (C=O) groups is 1. The summed E-state index contributed by atoms with van der Waals surface area (Å²) in [5.41, 5.74) is 0.256. The van der Waals surface area contributed by atoms with Crippen molar-refractivity contribution in [3.63, 3.8) is 0 Å². The first kappa shape index (κ1) is 14.1. The molecule has 0 heterocycles. The average Bonchev–Trinajstić information content (AvgIpc) is 2.15. The molecule has 1 atom stereocenters. The van der Waals surface area contributed by atoms with Crippen LogP contribution >= 0.6 is 11.6 Å². The molecule has 94 valence electrons. The number of rotatable bonds is 4. The highest BCUT2D eigenvalue weighted by Gasteiger charge is 2.22. The molecule has 0 saturated carbocycles. The van der Waals surface area contributed by atoms with Gasteiger partial charge in [0.2, 0.25) is 15.3 Å². The Morgan fingerprint density at radius 2 is 2.06 bits per heavy atom. The molecule has 17 heavy (non-hydrogen) atoms. The molecule has 1 unspecified atom stereocenters. The van der Waals surface area contributed by atoms with E-state index in [9.17, 15) is 17.6 Å². The van der Waals surface area contributed by atoms with Gasteiger partial charge in [0.05, 0.1) is 10.9 Å². The van der Waals surface area contributed by atoms with Gasteiger partial charge in [-0.2, -0.15) is 4.72 Å². The van der Waals surface area contributed by atoms with Crippen molar-refractivity contribution in [2.24, 2.45) is 0 Å². The van der Waals surface area contributed by atoms with E-state index in [1.807, 2.05) is 0 Å². The molecule has 0 aliphatic heterocycles. The summed E-state index contributed by atoms with van der Waals surface area (Å²) < 4.78 is 38.6. The van der Waals surface area contributed by atoms with Gasteiger partial charge < -0.3 is 0 Å². The second-order valence-corrected chi connectivity index (χ2v) is 5.61. The number of hydrogen-bond acceptors (Lipinski definition) is 3. The topological polar surface area (TPSA) is 63.2 Å². The number of nitrogens with one attached hydrogen (secondary N) is 1. The predicted octanol–water partition coefficient (Wildman–Crippen LogP) is 1.57. The lowest BCUT2D eigenvalue weighted by Crippen LogP contribution is -2.36. The quantitative estimate of drug-likeness (QED) is 0.851. The van der Waals surface area contributed by atoms with E-state index in [2.05, 4.69) is 4.72 Å². The molecule has 0 aliphatic carbocycles. The first-order valence-electron chi connectivity index (χ1n) is 4.72. The number of hydrogen-bond donors (Lipinski definition) is 1. The third-order valence-electron chi connectivity index (χ3n) is 2.10. The third kappa shape index (κ3) is 3.49. The molecular weight excluding hydrogens is 269 g/mol. The molecule has 0 saturated heterocycles. The van der Waals surface area contributed by atoms with Crippen molar-refractivity contribution in [2.75, 3.05) is 0 Å². The van der Waals surface area contributed by atoms with Crippen LogP contribution in [-0.4, -0.2) is 19.7 Å². The maximum absolute atomic E-state index is 12.8. The molecule has 1 rings (SSSR count). The highest BCUT2D eigenvalue weighted by Crippen LogP contribution is 2.16. The van der Waals surface area contributed by atoms with Gasteiger partial charge in [0.25, 0.3) is 0 Å². The van der Waals surface area contributed by atoms with Gasteiger partial charge in [-0.1, -0.05) is 0 Å². The lowest BCUT2D eigenvalue weighted by Gasteiger charge is -2.12. The van der Waals surface area contributed by atoms with Crippen molar-refractivity contribution >= 4 is 26.9 Å². The smallest absolute Gasteiger partial charge is 0.241 e. The molecule has 0 amide bonds. The first-order valence-corrected chi connectivity index (χ1v) is 6.58. The Morgan fingerprint density at radius 3 is 2.53 bits per heavy atom. The van der Waals surface area contributed by atoms with Gasteiger partial charge in [0.15, 0.2) is 0 Å². The molecule has 0 aromatic heterocycles. The van der Waals surface area contributed by atoms with Gasteiger partial charge in [-0.05, 0) is 49.2 Å². The van der Waals surface area contributed by atoms with Gasteiger partial charge in [0.1, 0.15) is 5.82 Å². The van der Waals surface area contributed by atoms with Crippen LogP contribution in [0.2, 0.25) is 0 Å². The molecule has 0 aliphatic rings. The van der Waals surface area contributed by atoms with Crippen molar-refractivity contribution in [1.82, 2.24) is 4.72 Å². The van der Waals surface area contributed by atoms with Crippen LogP contribution in [0, 0.1) is 12.7 Å². The van der Waals surface area contributed by atoms with Crippen molar-refractivity contribution < 1.29 is 17.6 Å². The number of carbonyl (C=O) groups excluding carboxylic acids is 1. The molecule has 7 heteroatoms.